The fourth-order valence-electron chi connectivity index (χ4n) is 2.55. The maximum Gasteiger partial charge on any atom is 0.254 e. The van der Waals surface area contributed by atoms with Crippen molar-refractivity contribution in [2.45, 2.75) is 25.9 Å². The molecule has 1 aliphatic rings. The van der Waals surface area contributed by atoms with Crippen molar-refractivity contribution in [2.75, 3.05) is 7.11 Å². The first-order valence-corrected chi connectivity index (χ1v) is 6.48. The maximum absolute atomic E-state index is 12.0. The van der Waals surface area contributed by atoms with Gasteiger partial charge in [0.25, 0.3) is 5.56 Å². The van der Waals surface area contributed by atoms with Crippen molar-refractivity contribution in [1.29, 1.82) is 0 Å². The number of hydrogen-bond acceptors (Lipinski definition) is 3. The third kappa shape index (κ3) is 2.31. The van der Waals surface area contributed by atoms with Gasteiger partial charge in [-0.25, -0.2) is 4.98 Å². The molecule has 0 spiro atoms. The van der Waals surface area contributed by atoms with E-state index in [1.807, 2.05) is 24.3 Å². The summed E-state index contributed by atoms with van der Waals surface area (Å²) in [6, 6.07) is 7.91. The smallest absolute Gasteiger partial charge is 0.254 e. The van der Waals surface area contributed by atoms with Gasteiger partial charge in [-0.15, -0.1) is 0 Å². The van der Waals surface area contributed by atoms with Crippen molar-refractivity contribution in [3.8, 4) is 11.4 Å². The highest BCUT2D eigenvalue weighted by Crippen LogP contribution is 2.21. The topological polar surface area (TPSA) is 55.0 Å². The number of methoxy groups -OCH3 is 1. The minimum atomic E-state index is 0.00893. The number of ether oxygens (including phenoxy) is 1. The Morgan fingerprint density at radius 2 is 2.26 bits per heavy atom. The number of nitrogens with zero attached hydrogens (tertiary/aromatic N) is 1. The van der Waals surface area contributed by atoms with Crippen molar-refractivity contribution < 1.29 is 4.74 Å². The lowest BCUT2D eigenvalue weighted by Crippen LogP contribution is -2.15. The van der Waals surface area contributed by atoms with Gasteiger partial charge in [-0.1, -0.05) is 18.2 Å². The highest BCUT2D eigenvalue weighted by atomic mass is 16.5. The van der Waals surface area contributed by atoms with Crippen LogP contribution in [0.2, 0.25) is 0 Å². The number of rotatable bonds is 3. The van der Waals surface area contributed by atoms with E-state index in [4.69, 9.17) is 4.74 Å². The Balaban J connectivity index is 2.05. The van der Waals surface area contributed by atoms with E-state index in [9.17, 15) is 4.79 Å². The van der Waals surface area contributed by atoms with E-state index in [2.05, 4.69) is 9.97 Å². The molecule has 1 aromatic carbocycles. The van der Waals surface area contributed by atoms with Gasteiger partial charge in [0.05, 0.1) is 12.3 Å². The standard InChI is InChI=1S/C15H16N2O2/c1-19-9-10-4-2-5-11(8-10)14-16-13-7-3-6-12(13)15(18)17-14/h2,4-5,8H,3,6-7,9H2,1H3,(H,16,17,18). The molecule has 4 nitrogen and oxygen atoms in total. The molecule has 2 aromatic rings. The summed E-state index contributed by atoms with van der Waals surface area (Å²) in [5.41, 5.74) is 3.83. The Bertz CT molecular complexity index is 661. The molecule has 1 heterocycles. The summed E-state index contributed by atoms with van der Waals surface area (Å²) in [4.78, 5) is 19.5. The van der Waals surface area contributed by atoms with Gasteiger partial charge >= 0.3 is 0 Å². The SMILES string of the molecule is COCc1cccc(-c2nc3c(c(=O)[nH]2)CCC3)c1. The van der Waals surface area contributed by atoms with Crippen molar-refractivity contribution >= 4 is 0 Å². The molecular weight excluding hydrogens is 240 g/mol. The minimum Gasteiger partial charge on any atom is -0.380 e. The third-order valence-corrected chi connectivity index (χ3v) is 3.45. The van der Waals surface area contributed by atoms with E-state index >= 15 is 0 Å². The lowest BCUT2D eigenvalue weighted by Gasteiger charge is -2.06. The summed E-state index contributed by atoms with van der Waals surface area (Å²) >= 11 is 0. The number of aromatic amines is 1. The number of H-pyrrole nitrogens is 1. The van der Waals surface area contributed by atoms with Crippen LogP contribution in [-0.2, 0) is 24.2 Å². The van der Waals surface area contributed by atoms with Gasteiger partial charge in [0.1, 0.15) is 5.82 Å². The highest BCUT2D eigenvalue weighted by molar-refractivity contribution is 5.56. The zero-order valence-electron chi connectivity index (χ0n) is 10.9. The molecule has 0 saturated heterocycles. The van der Waals surface area contributed by atoms with E-state index in [0.717, 1.165) is 41.6 Å². The molecular formula is C15H16N2O2. The summed E-state index contributed by atoms with van der Waals surface area (Å²) in [5, 5.41) is 0. The van der Waals surface area contributed by atoms with E-state index < -0.39 is 0 Å². The molecule has 0 fully saturated rings. The minimum absolute atomic E-state index is 0.00893. The van der Waals surface area contributed by atoms with Gasteiger partial charge in [-0.2, -0.15) is 0 Å². The Labute approximate surface area is 111 Å². The molecule has 1 N–H and O–H groups in total. The van der Waals surface area contributed by atoms with Gasteiger partial charge in [0.15, 0.2) is 0 Å². The summed E-state index contributed by atoms with van der Waals surface area (Å²) in [5.74, 6) is 0.656. The molecule has 0 bridgehead atoms. The van der Waals surface area contributed by atoms with E-state index in [0.29, 0.717) is 12.4 Å². The molecule has 0 amide bonds. The van der Waals surface area contributed by atoms with Crippen molar-refractivity contribution in [3.63, 3.8) is 0 Å². The first-order chi connectivity index (χ1) is 9.28. The number of fused-ring (bicyclic) bond motifs is 1. The molecule has 0 saturated carbocycles. The zero-order chi connectivity index (χ0) is 13.2. The second-order valence-electron chi connectivity index (χ2n) is 4.83. The second-order valence-corrected chi connectivity index (χ2v) is 4.83. The fourth-order valence-corrected chi connectivity index (χ4v) is 2.55. The van der Waals surface area contributed by atoms with Crippen LogP contribution in [0.5, 0.6) is 0 Å². The Hall–Kier alpha value is -1.94. The Morgan fingerprint density at radius 3 is 3.11 bits per heavy atom. The molecule has 4 heteroatoms. The fraction of sp³-hybridized carbons (Fsp3) is 0.333. The van der Waals surface area contributed by atoms with E-state index in [-0.39, 0.29) is 5.56 Å². The molecule has 19 heavy (non-hydrogen) atoms. The molecule has 1 aliphatic carbocycles. The largest absolute Gasteiger partial charge is 0.380 e. The quantitative estimate of drug-likeness (QED) is 0.914. The van der Waals surface area contributed by atoms with Crippen LogP contribution in [-0.4, -0.2) is 17.1 Å². The first kappa shape index (κ1) is 12.1. The highest BCUT2D eigenvalue weighted by Gasteiger charge is 2.17. The molecule has 0 unspecified atom stereocenters. The van der Waals surface area contributed by atoms with Crippen LogP contribution in [0.3, 0.4) is 0 Å². The van der Waals surface area contributed by atoms with Crippen molar-refractivity contribution in [2.24, 2.45) is 0 Å². The molecule has 1 aromatic heterocycles. The van der Waals surface area contributed by atoms with Crippen LogP contribution in [0.4, 0.5) is 0 Å². The average molecular weight is 256 g/mol. The van der Waals surface area contributed by atoms with Crippen molar-refractivity contribution in [3.05, 3.63) is 51.4 Å². The van der Waals surface area contributed by atoms with Gasteiger partial charge in [0, 0.05) is 18.2 Å². The maximum atomic E-state index is 12.0. The van der Waals surface area contributed by atoms with Gasteiger partial charge in [-0.3, -0.25) is 4.79 Å². The van der Waals surface area contributed by atoms with Crippen molar-refractivity contribution in [1.82, 2.24) is 9.97 Å². The monoisotopic (exact) mass is 256 g/mol. The third-order valence-electron chi connectivity index (χ3n) is 3.45. The van der Waals surface area contributed by atoms with Gasteiger partial charge in [-0.05, 0) is 30.9 Å². The van der Waals surface area contributed by atoms with Crippen LogP contribution in [0, 0.1) is 0 Å². The summed E-state index contributed by atoms with van der Waals surface area (Å²) in [6.45, 7) is 0.559. The number of aryl methyl sites for hydroxylation is 1. The molecule has 98 valence electrons. The van der Waals surface area contributed by atoms with Crippen LogP contribution >= 0.6 is 0 Å². The van der Waals surface area contributed by atoms with Crippen LogP contribution in [0.15, 0.2) is 29.1 Å². The number of nitrogens with one attached hydrogen (secondary N) is 1. The molecule has 0 atom stereocenters. The predicted molar refractivity (Wildman–Crippen MR) is 73.0 cm³/mol. The summed E-state index contributed by atoms with van der Waals surface area (Å²) < 4.78 is 5.12. The summed E-state index contributed by atoms with van der Waals surface area (Å²) in [7, 11) is 1.67. The second kappa shape index (κ2) is 4.97. The lowest BCUT2D eigenvalue weighted by molar-refractivity contribution is 0.185. The van der Waals surface area contributed by atoms with Gasteiger partial charge in [0.2, 0.25) is 0 Å². The first-order valence-electron chi connectivity index (χ1n) is 6.48. The number of benzene rings is 1. The van der Waals surface area contributed by atoms with E-state index in [1.165, 1.54) is 0 Å². The molecule has 0 radical (unpaired) electrons. The van der Waals surface area contributed by atoms with E-state index in [1.54, 1.807) is 7.11 Å². The lowest BCUT2D eigenvalue weighted by atomic mass is 10.1. The number of aromatic nitrogens is 2. The Morgan fingerprint density at radius 1 is 1.37 bits per heavy atom. The molecule has 0 aliphatic heterocycles. The Kier molecular flexibility index (Phi) is 3.17. The normalized spacial score (nSPS) is 13.5. The van der Waals surface area contributed by atoms with Crippen LogP contribution < -0.4 is 5.56 Å². The predicted octanol–water partition coefficient (Wildman–Crippen LogP) is 2.07. The van der Waals surface area contributed by atoms with Crippen LogP contribution in [0.1, 0.15) is 23.2 Å². The molecule has 3 rings (SSSR count). The zero-order valence-corrected chi connectivity index (χ0v) is 10.9. The number of hydrogen-bond donors (Lipinski definition) is 1. The van der Waals surface area contributed by atoms with Gasteiger partial charge < -0.3 is 9.72 Å². The average Bonchev–Trinajstić information content (AvgIpc) is 2.88. The summed E-state index contributed by atoms with van der Waals surface area (Å²) in [6.07, 6.45) is 2.78. The van der Waals surface area contributed by atoms with Crippen LogP contribution in [0.25, 0.3) is 11.4 Å².